The summed E-state index contributed by atoms with van der Waals surface area (Å²) in [6, 6.07) is 7.78. The highest BCUT2D eigenvalue weighted by atomic mass is 16.5. The van der Waals surface area contributed by atoms with Crippen LogP contribution in [0.4, 0.5) is 5.69 Å². The number of aromatic nitrogens is 1. The number of hydrogen-bond donors (Lipinski definition) is 1. The Balaban J connectivity index is 2.18. The number of ether oxygens (including phenoxy) is 3. The maximum Gasteiger partial charge on any atom is 0.203 e. The number of pyridine rings is 1. The molecular formula is C16H20N2O3. The number of rotatable bonds is 6. The molecule has 5 heteroatoms. The van der Waals surface area contributed by atoms with Gasteiger partial charge in [-0.25, -0.2) is 0 Å². The van der Waals surface area contributed by atoms with Crippen molar-refractivity contribution in [2.24, 2.45) is 0 Å². The van der Waals surface area contributed by atoms with E-state index in [1.165, 1.54) is 0 Å². The predicted molar refractivity (Wildman–Crippen MR) is 82.4 cm³/mol. The Kier molecular flexibility index (Phi) is 4.87. The molecule has 0 aliphatic rings. The smallest absolute Gasteiger partial charge is 0.203 e. The molecular weight excluding hydrogens is 268 g/mol. The van der Waals surface area contributed by atoms with Gasteiger partial charge in [0.15, 0.2) is 11.5 Å². The van der Waals surface area contributed by atoms with Crippen molar-refractivity contribution in [2.75, 3.05) is 26.6 Å². The lowest BCUT2D eigenvalue weighted by atomic mass is 10.2. The van der Waals surface area contributed by atoms with Crippen LogP contribution in [0, 0.1) is 6.92 Å². The van der Waals surface area contributed by atoms with Gasteiger partial charge in [0.1, 0.15) is 0 Å². The Morgan fingerprint density at radius 2 is 1.67 bits per heavy atom. The SMILES string of the molecule is COc1cc(NCc2ccc(C)cn2)cc(OC)c1OC. The molecule has 1 aromatic carbocycles. The fraction of sp³-hybridized carbons (Fsp3) is 0.312. The van der Waals surface area contributed by atoms with Gasteiger partial charge in [-0.3, -0.25) is 4.98 Å². The van der Waals surface area contributed by atoms with Crippen LogP contribution in [0.2, 0.25) is 0 Å². The maximum atomic E-state index is 5.33. The zero-order chi connectivity index (χ0) is 15.2. The standard InChI is InChI=1S/C16H20N2O3/c1-11-5-6-12(17-9-11)10-18-13-7-14(19-2)16(21-4)15(8-13)20-3/h5-9,18H,10H2,1-4H3. The minimum Gasteiger partial charge on any atom is -0.493 e. The molecule has 0 amide bonds. The average Bonchev–Trinajstić information content (AvgIpc) is 2.53. The van der Waals surface area contributed by atoms with Crippen LogP contribution < -0.4 is 19.5 Å². The Hall–Kier alpha value is -2.43. The number of nitrogens with zero attached hydrogens (tertiary/aromatic N) is 1. The highest BCUT2D eigenvalue weighted by Gasteiger charge is 2.13. The highest BCUT2D eigenvalue weighted by molar-refractivity contribution is 5.62. The fourth-order valence-electron chi connectivity index (χ4n) is 1.98. The molecule has 0 spiro atoms. The monoisotopic (exact) mass is 288 g/mol. The molecule has 0 radical (unpaired) electrons. The molecule has 112 valence electrons. The Labute approximate surface area is 124 Å². The van der Waals surface area contributed by atoms with Crippen molar-refractivity contribution in [2.45, 2.75) is 13.5 Å². The van der Waals surface area contributed by atoms with Crippen LogP contribution in [0.15, 0.2) is 30.5 Å². The lowest BCUT2D eigenvalue weighted by Gasteiger charge is -2.15. The number of benzene rings is 1. The van der Waals surface area contributed by atoms with Gasteiger partial charge >= 0.3 is 0 Å². The summed E-state index contributed by atoms with van der Waals surface area (Å²) in [5, 5.41) is 3.30. The van der Waals surface area contributed by atoms with E-state index >= 15 is 0 Å². The third-order valence-electron chi connectivity index (χ3n) is 3.11. The van der Waals surface area contributed by atoms with Crippen molar-refractivity contribution in [3.05, 3.63) is 41.7 Å². The number of methoxy groups -OCH3 is 3. The zero-order valence-electron chi connectivity index (χ0n) is 12.8. The Morgan fingerprint density at radius 1 is 1.00 bits per heavy atom. The third-order valence-corrected chi connectivity index (χ3v) is 3.11. The van der Waals surface area contributed by atoms with Crippen LogP contribution in [0.25, 0.3) is 0 Å². The first-order valence-electron chi connectivity index (χ1n) is 6.63. The summed E-state index contributed by atoms with van der Waals surface area (Å²) >= 11 is 0. The van der Waals surface area contributed by atoms with Crippen molar-refractivity contribution in [3.63, 3.8) is 0 Å². The first-order valence-corrected chi connectivity index (χ1v) is 6.63. The number of hydrogen-bond acceptors (Lipinski definition) is 5. The van der Waals surface area contributed by atoms with Gasteiger partial charge in [-0.1, -0.05) is 6.07 Å². The Bertz CT molecular complexity index is 572. The summed E-state index contributed by atoms with van der Waals surface area (Å²) in [5.41, 5.74) is 2.99. The Morgan fingerprint density at radius 3 is 2.14 bits per heavy atom. The molecule has 0 unspecified atom stereocenters. The second-order valence-corrected chi connectivity index (χ2v) is 4.59. The number of nitrogens with one attached hydrogen (secondary N) is 1. The summed E-state index contributed by atoms with van der Waals surface area (Å²) in [6.45, 7) is 2.64. The van der Waals surface area contributed by atoms with Gasteiger partial charge in [0.05, 0.1) is 33.6 Å². The molecule has 0 saturated carbocycles. The average molecular weight is 288 g/mol. The molecule has 0 aliphatic heterocycles. The highest BCUT2D eigenvalue weighted by Crippen LogP contribution is 2.39. The van der Waals surface area contributed by atoms with Crippen LogP contribution in [0.3, 0.4) is 0 Å². The molecule has 21 heavy (non-hydrogen) atoms. The maximum absolute atomic E-state index is 5.33. The molecule has 5 nitrogen and oxygen atoms in total. The minimum atomic E-state index is 0.582. The zero-order valence-corrected chi connectivity index (χ0v) is 12.8. The molecule has 2 rings (SSSR count). The molecule has 0 atom stereocenters. The molecule has 2 aromatic rings. The van der Waals surface area contributed by atoms with E-state index in [-0.39, 0.29) is 0 Å². The summed E-state index contributed by atoms with van der Waals surface area (Å²) in [4.78, 5) is 4.36. The quantitative estimate of drug-likeness (QED) is 0.885. The fourth-order valence-corrected chi connectivity index (χ4v) is 1.98. The summed E-state index contributed by atoms with van der Waals surface area (Å²) in [5.74, 6) is 1.83. The van der Waals surface area contributed by atoms with Crippen molar-refractivity contribution < 1.29 is 14.2 Å². The summed E-state index contributed by atoms with van der Waals surface area (Å²) < 4.78 is 16.0. The molecule has 0 fully saturated rings. The van der Waals surface area contributed by atoms with E-state index in [1.54, 1.807) is 21.3 Å². The van der Waals surface area contributed by atoms with Crippen LogP contribution >= 0.6 is 0 Å². The summed E-state index contributed by atoms with van der Waals surface area (Å²) in [7, 11) is 4.79. The van der Waals surface area contributed by atoms with Crippen LogP contribution in [-0.4, -0.2) is 26.3 Å². The van der Waals surface area contributed by atoms with Gasteiger partial charge in [-0.05, 0) is 18.6 Å². The molecule has 0 aliphatic carbocycles. The van der Waals surface area contributed by atoms with E-state index in [0.717, 1.165) is 16.9 Å². The number of aryl methyl sites for hydroxylation is 1. The van der Waals surface area contributed by atoms with E-state index in [4.69, 9.17) is 14.2 Å². The molecule has 1 heterocycles. The van der Waals surface area contributed by atoms with Gasteiger partial charge in [0, 0.05) is 24.0 Å². The van der Waals surface area contributed by atoms with Crippen molar-refractivity contribution in [3.8, 4) is 17.2 Å². The van der Waals surface area contributed by atoms with Gasteiger partial charge in [-0.15, -0.1) is 0 Å². The van der Waals surface area contributed by atoms with Crippen LogP contribution in [0.5, 0.6) is 17.2 Å². The van der Waals surface area contributed by atoms with E-state index in [9.17, 15) is 0 Å². The van der Waals surface area contributed by atoms with E-state index < -0.39 is 0 Å². The van der Waals surface area contributed by atoms with Gasteiger partial charge < -0.3 is 19.5 Å². The largest absolute Gasteiger partial charge is 0.493 e. The minimum absolute atomic E-state index is 0.582. The number of anilines is 1. The second-order valence-electron chi connectivity index (χ2n) is 4.59. The molecule has 1 aromatic heterocycles. The van der Waals surface area contributed by atoms with E-state index in [1.807, 2.05) is 37.4 Å². The van der Waals surface area contributed by atoms with Crippen molar-refractivity contribution in [1.82, 2.24) is 4.98 Å². The van der Waals surface area contributed by atoms with Gasteiger partial charge in [0.25, 0.3) is 0 Å². The van der Waals surface area contributed by atoms with E-state index in [0.29, 0.717) is 23.8 Å². The molecule has 1 N–H and O–H groups in total. The summed E-state index contributed by atoms with van der Waals surface area (Å²) in [6.07, 6.45) is 1.85. The molecule has 0 bridgehead atoms. The lowest BCUT2D eigenvalue weighted by Crippen LogP contribution is -2.03. The van der Waals surface area contributed by atoms with Crippen molar-refractivity contribution in [1.29, 1.82) is 0 Å². The second kappa shape index (κ2) is 6.83. The molecule has 0 saturated heterocycles. The normalized spacial score (nSPS) is 10.1. The first kappa shape index (κ1) is 15.0. The third kappa shape index (κ3) is 3.56. The van der Waals surface area contributed by atoms with Crippen molar-refractivity contribution >= 4 is 5.69 Å². The van der Waals surface area contributed by atoms with E-state index in [2.05, 4.69) is 10.3 Å². The first-order chi connectivity index (χ1) is 10.2. The van der Waals surface area contributed by atoms with Gasteiger partial charge in [-0.2, -0.15) is 0 Å². The predicted octanol–water partition coefficient (Wildman–Crippen LogP) is 3.03. The van der Waals surface area contributed by atoms with Crippen LogP contribution in [-0.2, 0) is 6.54 Å². The van der Waals surface area contributed by atoms with Gasteiger partial charge in [0.2, 0.25) is 5.75 Å². The topological polar surface area (TPSA) is 52.6 Å². The lowest BCUT2D eigenvalue weighted by molar-refractivity contribution is 0.324. The van der Waals surface area contributed by atoms with Crippen LogP contribution in [0.1, 0.15) is 11.3 Å².